The van der Waals surface area contributed by atoms with Crippen molar-refractivity contribution in [2.24, 2.45) is 5.92 Å². The summed E-state index contributed by atoms with van der Waals surface area (Å²) in [6.45, 7) is 3.23. The van der Waals surface area contributed by atoms with E-state index >= 15 is 0 Å². The molecule has 0 aromatic carbocycles. The van der Waals surface area contributed by atoms with E-state index in [1.807, 2.05) is 4.90 Å². The second kappa shape index (κ2) is 6.68. The number of nitrogen functional groups attached to an aromatic ring is 1. The predicted molar refractivity (Wildman–Crippen MR) is 85.5 cm³/mol. The zero-order chi connectivity index (χ0) is 16.2. The first-order valence-corrected chi connectivity index (χ1v) is 7.78. The summed E-state index contributed by atoms with van der Waals surface area (Å²) in [4.78, 5) is 31.1. The fourth-order valence-corrected chi connectivity index (χ4v) is 2.96. The van der Waals surface area contributed by atoms with Crippen LogP contribution in [0.4, 0.5) is 5.82 Å². The molecule has 0 radical (unpaired) electrons. The van der Waals surface area contributed by atoms with Crippen molar-refractivity contribution in [2.45, 2.75) is 26.2 Å². The summed E-state index contributed by atoms with van der Waals surface area (Å²) in [6.07, 6.45) is 7.64. The Morgan fingerprint density at radius 3 is 2.91 bits per heavy atom. The van der Waals surface area contributed by atoms with E-state index in [1.165, 1.54) is 0 Å². The van der Waals surface area contributed by atoms with Gasteiger partial charge >= 0.3 is 0 Å². The quantitative estimate of drug-likeness (QED) is 0.916. The van der Waals surface area contributed by atoms with Crippen LogP contribution in [0.2, 0.25) is 0 Å². The molecule has 2 aromatic heterocycles. The highest BCUT2D eigenvalue weighted by Crippen LogP contribution is 2.22. The van der Waals surface area contributed by atoms with Gasteiger partial charge in [-0.05, 0) is 38.2 Å². The molecule has 0 unspecified atom stereocenters. The van der Waals surface area contributed by atoms with Crippen LogP contribution in [0.25, 0.3) is 0 Å². The maximum absolute atomic E-state index is 12.6. The van der Waals surface area contributed by atoms with Crippen LogP contribution < -0.4 is 5.73 Å². The third-order valence-corrected chi connectivity index (χ3v) is 4.09. The highest BCUT2D eigenvalue weighted by atomic mass is 16.2. The molecule has 3 rings (SSSR count). The number of hydrogen-bond donors (Lipinski definition) is 1. The molecule has 1 aliphatic heterocycles. The van der Waals surface area contributed by atoms with E-state index in [9.17, 15) is 4.79 Å². The normalized spacial score (nSPS) is 18.0. The summed E-state index contributed by atoms with van der Waals surface area (Å²) in [5, 5.41) is 0. The van der Waals surface area contributed by atoms with Crippen LogP contribution in [0.15, 0.2) is 24.7 Å². The maximum Gasteiger partial charge on any atom is 0.272 e. The molecule has 1 amide bonds. The van der Waals surface area contributed by atoms with Gasteiger partial charge in [0.25, 0.3) is 5.91 Å². The minimum atomic E-state index is -0.0349. The minimum absolute atomic E-state index is 0.0349. The van der Waals surface area contributed by atoms with Gasteiger partial charge in [0.15, 0.2) is 0 Å². The summed E-state index contributed by atoms with van der Waals surface area (Å²) in [5.41, 5.74) is 7.13. The molecular weight excluding hydrogens is 292 g/mol. The van der Waals surface area contributed by atoms with Gasteiger partial charge in [0.1, 0.15) is 17.3 Å². The molecule has 1 aliphatic rings. The molecule has 2 N–H and O–H groups in total. The van der Waals surface area contributed by atoms with Gasteiger partial charge in [-0.1, -0.05) is 0 Å². The van der Waals surface area contributed by atoms with E-state index in [4.69, 9.17) is 5.73 Å². The van der Waals surface area contributed by atoms with Crippen LogP contribution in [-0.4, -0.2) is 43.8 Å². The topological polar surface area (TPSA) is 97.9 Å². The SMILES string of the molecule is Cc1nccc(C(=O)N2CCC[C@@H](Cc3nccnc3N)C2)n1. The van der Waals surface area contributed by atoms with Crippen LogP contribution in [0.3, 0.4) is 0 Å². The lowest BCUT2D eigenvalue weighted by atomic mass is 9.93. The summed E-state index contributed by atoms with van der Waals surface area (Å²) in [5.74, 6) is 1.39. The number of hydrogen-bond acceptors (Lipinski definition) is 6. The van der Waals surface area contributed by atoms with E-state index in [1.54, 1.807) is 31.6 Å². The fraction of sp³-hybridized carbons (Fsp3) is 0.438. The summed E-state index contributed by atoms with van der Waals surface area (Å²) in [7, 11) is 0. The largest absolute Gasteiger partial charge is 0.382 e. The van der Waals surface area contributed by atoms with Gasteiger partial charge in [0, 0.05) is 31.7 Å². The van der Waals surface area contributed by atoms with E-state index in [-0.39, 0.29) is 5.91 Å². The molecule has 0 aliphatic carbocycles. The number of rotatable bonds is 3. The average Bonchev–Trinajstić information content (AvgIpc) is 2.56. The van der Waals surface area contributed by atoms with Crippen molar-refractivity contribution >= 4 is 11.7 Å². The van der Waals surface area contributed by atoms with Gasteiger partial charge < -0.3 is 10.6 Å². The fourth-order valence-electron chi connectivity index (χ4n) is 2.96. The molecule has 0 bridgehead atoms. The van der Waals surface area contributed by atoms with Crippen LogP contribution >= 0.6 is 0 Å². The van der Waals surface area contributed by atoms with Crippen LogP contribution in [0.5, 0.6) is 0 Å². The summed E-state index contributed by atoms with van der Waals surface area (Å²) in [6, 6.07) is 1.67. The highest BCUT2D eigenvalue weighted by molar-refractivity contribution is 5.92. The lowest BCUT2D eigenvalue weighted by molar-refractivity contribution is 0.0666. The molecular formula is C16H20N6O. The zero-order valence-electron chi connectivity index (χ0n) is 13.1. The smallest absolute Gasteiger partial charge is 0.272 e. The Kier molecular flexibility index (Phi) is 4.45. The molecule has 1 saturated heterocycles. The van der Waals surface area contributed by atoms with E-state index < -0.39 is 0 Å². The number of nitrogens with two attached hydrogens (primary N) is 1. The minimum Gasteiger partial charge on any atom is -0.382 e. The van der Waals surface area contributed by atoms with Gasteiger partial charge in [-0.25, -0.2) is 15.0 Å². The predicted octanol–water partition coefficient (Wildman–Crippen LogP) is 1.25. The molecule has 1 atom stereocenters. The first-order valence-electron chi connectivity index (χ1n) is 7.78. The number of carbonyl (C=O) groups excluding carboxylic acids is 1. The van der Waals surface area contributed by atoms with Crippen molar-refractivity contribution < 1.29 is 4.79 Å². The molecule has 23 heavy (non-hydrogen) atoms. The lowest BCUT2D eigenvalue weighted by Crippen LogP contribution is -2.41. The van der Waals surface area contributed by atoms with Crippen molar-refractivity contribution in [1.29, 1.82) is 0 Å². The first-order chi connectivity index (χ1) is 11.1. The average molecular weight is 312 g/mol. The molecule has 7 nitrogen and oxygen atoms in total. The van der Waals surface area contributed by atoms with Crippen molar-refractivity contribution in [3.05, 3.63) is 41.9 Å². The molecule has 7 heteroatoms. The Hall–Kier alpha value is -2.57. The van der Waals surface area contributed by atoms with Crippen LogP contribution in [-0.2, 0) is 6.42 Å². The highest BCUT2D eigenvalue weighted by Gasteiger charge is 2.26. The van der Waals surface area contributed by atoms with E-state index in [0.717, 1.165) is 31.5 Å². The van der Waals surface area contributed by atoms with Gasteiger partial charge in [-0.15, -0.1) is 0 Å². The Morgan fingerprint density at radius 2 is 2.13 bits per heavy atom. The second-order valence-corrected chi connectivity index (χ2v) is 5.84. The first kappa shape index (κ1) is 15.3. The standard InChI is InChI=1S/C16H20N6O/c1-11-18-5-4-13(21-11)16(23)22-8-2-3-12(10-22)9-14-15(17)20-7-6-19-14/h4-7,12H,2-3,8-10H2,1H3,(H2,17,20)/t12-/m0/s1. The zero-order valence-corrected chi connectivity index (χ0v) is 13.1. The molecule has 3 heterocycles. The van der Waals surface area contributed by atoms with Crippen LogP contribution in [0.1, 0.15) is 34.8 Å². The lowest BCUT2D eigenvalue weighted by Gasteiger charge is -2.32. The second-order valence-electron chi connectivity index (χ2n) is 5.84. The number of carbonyl (C=O) groups is 1. The van der Waals surface area contributed by atoms with Gasteiger partial charge in [0.2, 0.25) is 0 Å². The number of aromatic nitrogens is 4. The molecule has 2 aromatic rings. The third-order valence-electron chi connectivity index (χ3n) is 4.09. The monoisotopic (exact) mass is 312 g/mol. The van der Waals surface area contributed by atoms with Crippen molar-refractivity contribution in [1.82, 2.24) is 24.8 Å². The van der Waals surface area contributed by atoms with E-state index in [0.29, 0.717) is 29.8 Å². The summed E-state index contributed by atoms with van der Waals surface area (Å²) < 4.78 is 0. The maximum atomic E-state index is 12.6. The number of anilines is 1. The molecule has 120 valence electrons. The molecule has 1 fully saturated rings. The van der Waals surface area contributed by atoms with Crippen molar-refractivity contribution in [3.63, 3.8) is 0 Å². The number of nitrogens with zero attached hydrogens (tertiary/aromatic N) is 5. The number of aryl methyl sites for hydroxylation is 1. The van der Waals surface area contributed by atoms with Gasteiger partial charge in [0.05, 0.1) is 5.69 Å². The van der Waals surface area contributed by atoms with Gasteiger partial charge in [-0.3, -0.25) is 9.78 Å². The summed E-state index contributed by atoms with van der Waals surface area (Å²) >= 11 is 0. The molecule has 0 spiro atoms. The number of piperidine rings is 1. The number of amides is 1. The van der Waals surface area contributed by atoms with Gasteiger partial charge in [-0.2, -0.15) is 0 Å². The Balaban J connectivity index is 1.68. The van der Waals surface area contributed by atoms with E-state index in [2.05, 4.69) is 19.9 Å². The Labute approximate surface area is 135 Å². The van der Waals surface area contributed by atoms with Crippen LogP contribution in [0, 0.1) is 12.8 Å². The van der Waals surface area contributed by atoms with Crippen molar-refractivity contribution in [3.8, 4) is 0 Å². The molecule has 0 saturated carbocycles. The Bertz CT molecular complexity index is 704. The third kappa shape index (κ3) is 3.61. The number of likely N-dealkylation sites (tertiary alicyclic amines) is 1. The Morgan fingerprint density at radius 1 is 1.30 bits per heavy atom. The van der Waals surface area contributed by atoms with Crippen molar-refractivity contribution in [2.75, 3.05) is 18.8 Å².